The molecule has 0 aromatic heterocycles. The number of likely N-dealkylation sites (tertiary alicyclic amines) is 2. The lowest BCUT2D eigenvalue weighted by Crippen LogP contribution is -2.42. The summed E-state index contributed by atoms with van der Waals surface area (Å²) in [5.74, 6) is 0.463. The molecule has 3 heterocycles. The number of hydrogen-bond donors (Lipinski definition) is 2. The monoisotopic (exact) mass is 438 g/mol. The standard InChI is InChI=1S/C27H42N4O/c1-21-9-4-5-10-24(21)25-19-22(2)26(29-25)20-31-17-11-23(12-18-31)27(32)28-13-8-16-30-14-6-3-7-15-30/h4-5,9-10,23,25,29H,3,6-8,11-20H2,1-2H3,(H,28,32). The first-order valence-corrected chi connectivity index (χ1v) is 12.8. The van der Waals surface area contributed by atoms with Gasteiger partial charge in [-0.05, 0) is 96.2 Å². The van der Waals surface area contributed by atoms with Crippen molar-refractivity contribution in [3.05, 3.63) is 46.7 Å². The molecule has 0 saturated carbocycles. The van der Waals surface area contributed by atoms with Gasteiger partial charge in [-0.2, -0.15) is 0 Å². The van der Waals surface area contributed by atoms with E-state index in [2.05, 4.69) is 58.5 Å². The Balaban J connectivity index is 1.15. The lowest BCUT2D eigenvalue weighted by molar-refractivity contribution is -0.126. The second-order valence-electron chi connectivity index (χ2n) is 10.1. The molecule has 32 heavy (non-hydrogen) atoms. The Hall–Kier alpha value is -1.85. The van der Waals surface area contributed by atoms with E-state index in [1.54, 1.807) is 0 Å². The molecule has 4 rings (SSSR count). The summed E-state index contributed by atoms with van der Waals surface area (Å²) in [4.78, 5) is 17.7. The van der Waals surface area contributed by atoms with Crippen LogP contribution in [-0.2, 0) is 4.79 Å². The van der Waals surface area contributed by atoms with Crippen LogP contribution in [-0.4, -0.2) is 61.5 Å². The van der Waals surface area contributed by atoms with Gasteiger partial charge in [-0.15, -0.1) is 0 Å². The second kappa shape index (κ2) is 11.3. The Morgan fingerprint density at radius 1 is 1.03 bits per heavy atom. The minimum absolute atomic E-state index is 0.188. The fourth-order valence-electron chi connectivity index (χ4n) is 5.58. The van der Waals surface area contributed by atoms with E-state index in [1.807, 2.05) is 0 Å². The number of benzene rings is 1. The number of aryl methyl sites for hydroxylation is 1. The molecule has 5 heteroatoms. The maximum Gasteiger partial charge on any atom is 0.223 e. The molecule has 2 fully saturated rings. The maximum atomic E-state index is 12.6. The van der Waals surface area contributed by atoms with Crippen LogP contribution < -0.4 is 10.6 Å². The van der Waals surface area contributed by atoms with Crippen molar-refractivity contribution in [1.82, 2.24) is 20.4 Å². The van der Waals surface area contributed by atoms with Gasteiger partial charge >= 0.3 is 0 Å². The van der Waals surface area contributed by atoms with E-state index in [-0.39, 0.29) is 11.8 Å². The van der Waals surface area contributed by atoms with Crippen molar-refractivity contribution in [2.45, 2.75) is 64.8 Å². The van der Waals surface area contributed by atoms with Crippen molar-refractivity contribution >= 4 is 5.91 Å². The van der Waals surface area contributed by atoms with Crippen LogP contribution in [0.3, 0.4) is 0 Å². The molecule has 176 valence electrons. The molecule has 2 N–H and O–H groups in total. The molecule has 1 atom stereocenters. The van der Waals surface area contributed by atoms with Crippen LogP contribution in [0.15, 0.2) is 35.5 Å². The number of piperidine rings is 2. The summed E-state index contributed by atoms with van der Waals surface area (Å²) in [6, 6.07) is 9.11. The molecule has 1 aromatic carbocycles. The highest BCUT2D eigenvalue weighted by molar-refractivity contribution is 5.78. The van der Waals surface area contributed by atoms with Gasteiger partial charge in [0.2, 0.25) is 5.91 Å². The van der Waals surface area contributed by atoms with E-state index in [0.717, 1.165) is 58.4 Å². The minimum Gasteiger partial charge on any atom is -0.380 e. The van der Waals surface area contributed by atoms with Crippen LogP contribution >= 0.6 is 0 Å². The Morgan fingerprint density at radius 2 is 1.78 bits per heavy atom. The molecule has 1 aromatic rings. The van der Waals surface area contributed by atoms with Crippen LogP contribution in [0.1, 0.15) is 69.0 Å². The predicted molar refractivity (Wildman–Crippen MR) is 131 cm³/mol. The van der Waals surface area contributed by atoms with E-state index < -0.39 is 0 Å². The van der Waals surface area contributed by atoms with Gasteiger partial charge in [-0.3, -0.25) is 9.69 Å². The first kappa shape index (κ1) is 23.3. The molecule has 3 aliphatic rings. The number of nitrogens with zero attached hydrogens (tertiary/aromatic N) is 2. The smallest absolute Gasteiger partial charge is 0.223 e. The van der Waals surface area contributed by atoms with Crippen molar-refractivity contribution in [1.29, 1.82) is 0 Å². The summed E-state index contributed by atoms with van der Waals surface area (Å²) in [7, 11) is 0. The van der Waals surface area contributed by atoms with Gasteiger partial charge < -0.3 is 15.5 Å². The molecule has 2 saturated heterocycles. The van der Waals surface area contributed by atoms with E-state index in [1.165, 1.54) is 54.7 Å². The second-order valence-corrected chi connectivity index (χ2v) is 10.1. The van der Waals surface area contributed by atoms with Crippen LogP contribution in [0.5, 0.6) is 0 Å². The summed E-state index contributed by atoms with van der Waals surface area (Å²) >= 11 is 0. The zero-order chi connectivity index (χ0) is 22.3. The normalized spacial score (nSPS) is 23.4. The van der Waals surface area contributed by atoms with Crippen LogP contribution in [0.25, 0.3) is 0 Å². The molecule has 0 aliphatic carbocycles. The number of carbonyl (C=O) groups excluding carboxylic acids is 1. The highest BCUT2D eigenvalue weighted by Gasteiger charge is 2.28. The lowest BCUT2D eigenvalue weighted by atomic mass is 9.95. The summed E-state index contributed by atoms with van der Waals surface area (Å²) < 4.78 is 0. The molecular formula is C27H42N4O. The van der Waals surface area contributed by atoms with E-state index in [4.69, 9.17) is 0 Å². The fraction of sp³-hybridized carbons (Fsp3) is 0.667. The number of carbonyl (C=O) groups is 1. The van der Waals surface area contributed by atoms with Gasteiger partial charge in [0.05, 0.1) is 6.04 Å². The van der Waals surface area contributed by atoms with E-state index >= 15 is 0 Å². The number of nitrogens with one attached hydrogen (secondary N) is 2. The summed E-state index contributed by atoms with van der Waals surface area (Å²) in [5.41, 5.74) is 5.64. The quantitative estimate of drug-likeness (QED) is 0.602. The average Bonchev–Trinajstić information content (AvgIpc) is 3.18. The van der Waals surface area contributed by atoms with Gasteiger partial charge in [-0.25, -0.2) is 0 Å². The number of rotatable bonds is 8. The third-order valence-electron chi connectivity index (χ3n) is 7.68. The zero-order valence-corrected chi connectivity index (χ0v) is 20.2. The van der Waals surface area contributed by atoms with Crippen molar-refractivity contribution in [3.8, 4) is 0 Å². The van der Waals surface area contributed by atoms with Crippen LogP contribution in [0, 0.1) is 12.8 Å². The van der Waals surface area contributed by atoms with Crippen molar-refractivity contribution in [2.75, 3.05) is 45.8 Å². The maximum absolute atomic E-state index is 12.6. The highest BCUT2D eigenvalue weighted by Crippen LogP contribution is 2.32. The van der Waals surface area contributed by atoms with Crippen LogP contribution in [0.4, 0.5) is 0 Å². The van der Waals surface area contributed by atoms with Crippen molar-refractivity contribution in [2.24, 2.45) is 5.92 Å². The molecular weight excluding hydrogens is 396 g/mol. The molecule has 1 unspecified atom stereocenters. The number of hydrogen-bond acceptors (Lipinski definition) is 4. The van der Waals surface area contributed by atoms with Crippen LogP contribution in [0.2, 0.25) is 0 Å². The van der Waals surface area contributed by atoms with E-state index in [9.17, 15) is 4.79 Å². The largest absolute Gasteiger partial charge is 0.380 e. The fourth-order valence-corrected chi connectivity index (χ4v) is 5.58. The van der Waals surface area contributed by atoms with Crippen molar-refractivity contribution in [3.63, 3.8) is 0 Å². The third-order valence-corrected chi connectivity index (χ3v) is 7.68. The molecule has 0 spiro atoms. The first-order valence-electron chi connectivity index (χ1n) is 12.8. The topological polar surface area (TPSA) is 47.6 Å². The van der Waals surface area contributed by atoms with Gasteiger partial charge in [0.15, 0.2) is 0 Å². The number of amides is 1. The van der Waals surface area contributed by atoms with Gasteiger partial charge in [0, 0.05) is 24.7 Å². The minimum atomic E-state index is 0.188. The zero-order valence-electron chi connectivity index (χ0n) is 20.2. The van der Waals surface area contributed by atoms with Gasteiger partial charge in [0.25, 0.3) is 0 Å². The Morgan fingerprint density at radius 3 is 2.53 bits per heavy atom. The summed E-state index contributed by atoms with van der Waals surface area (Å²) in [6.45, 7) is 11.9. The summed E-state index contributed by atoms with van der Waals surface area (Å²) in [6.07, 6.45) is 8.18. The summed E-state index contributed by atoms with van der Waals surface area (Å²) in [5, 5.41) is 7.01. The van der Waals surface area contributed by atoms with Gasteiger partial charge in [0.1, 0.15) is 0 Å². The molecule has 1 amide bonds. The Bertz CT molecular complexity index is 791. The van der Waals surface area contributed by atoms with Gasteiger partial charge in [-0.1, -0.05) is 36.3 Å². The third kappa shape index (κ3) is 6.14. The highest BCUT2D eigenvalue weighted by atomic mass is 16.1. The predicted octanol–water partition coefficient (Wildman–Crippen LogP) is 4.01. The Kier molecular flexibility index (Phi) is 8.26. The van der Waals surface area contributed by atoms with E-state index in [0.29, 0.717) is 6.04 Å². The SMILES string of the molecule is CC1=C(CN2CCC(C(=O)NCCCN3CCCCC3)CC2)NC(c2ccccc2C)C1. The first-order chi connectivity index (χ1) is 15.6. The average molecular weight is 439 g/mol. The van der Waals surface area contributed by atoms with Crippen molar-refractivity contribution < 1.29 is 4.79 Å². The lowest BCUT2D eigenvalue weighted by Gasteiger charge is -2.32. The molecule has 0 radical (unpaired) electrons. The molecule has 0 bridgehead atoms. The molecule has 5 nitrogen and oxygen atoms in total. The molecule has 3 aliphatic heterocycles. The Labute approximate surface area is 194 Å².